The van der Waals surface area contributed by atoms with Gasteiger partial charge in [0.1, 0.15) is 0 Å². The van der Waals surface area contributed by atoms with Gasteiger partial charge in [0.15, 0.2) is 0 Å². The van der Waals surface area contributed by atoms with Crippen molar-refractivity contribution in [1.82, 2.24) is 5.32 Å². The Kier molecular flexibility index (Phi) is 4.82. The zero-order chi connectivity index (χ0) is 15.2. The van der Waals surface area contributed by atoms with Gasteiger partial charge in [0.2, 0.25) is 0 Å². The smallest absolute Gasteiger partial charge is 0.251 e. The van der Waals surface area contributed by atoms with Gasteiger partial charge in [-0.1, -0.05) is 30.3 Å². The molecule has 110 valence electrons. The van der Waals surface area contributed by atoms with E-state index in [4.69, 9.17) is 5.73 Å². The summed E-state index contributed by atoms with van der Waals surface area (Å²) >= 11 is 0. The molecule has 21 heavy (non-hydrogen) atoms. The number of rotatable bonds is 5. The van der Waals surface area contributed by atoms with Crippen LogP contribution in [-0.2, 0) is 0 Å². The van der Waals surface area contributed by atoms with Gasteiger partial charge >= 0.3 is 0 Å². The molecule has 0 saturated heterocycles. The van der Waals surface area contributed by atoms with Crippen LogP contribution in [0.15, 0.2) is 48.5 Å². The van der Waals surface area contributed by atoms with Crippen molar-refractivity contribution >= 4 is 17.3 Å². The highest BCUT2D eigenvalue weighted by Gasteiger charge is 2.10. The lowest BCUT2D eigenvalue weighted by molar-refractivity contribution is 0.0956. The van der Waals surface area contributed by atoms with Gasteiger partial charge in [-0.3, -0.25) is 4.79 Å². The highest BCUT2D eigenvalue weighted by atomic mass is 16.1. The van der Waals surface area contributed by atoms with E-state index in [1.165, 1.54) is 5.56 Å². The van der Waals surface area contributed by atoms with Gasteiger partial charge in [-0.2, -0.15) is 0 Å². The Labute approximate surface area is 125 Å². The summed E-state index contributed by atoms with van der Waals surface area (Å²) in [4.78, 5) is 11.8. The van der Waals surface area contributed by atoms with Crippen LogP contribution in [0.2, 0.25) is 0 Å². The predicted octanol–water partition coefficient (Wildman–Crippen LogP) is 3.19. The maximum Gasteiger partial charge on any atom is 0.251 e. The van der Waals surface area contributed by atoms with Crippen LogP contribution < -0.4 is 16.4 Å². The summed E-state index contributed by atoms with van der Waals surface area (Å²) in [6, 6.07) is 15.6. The van der Waals surface area contributed by atoms with E-state index in [0.717, 1.165) is 5.69 Å². The van der Waals surface area contributed by atoms with Crippen molar-refractivity contribution in [3.8, 4) is 0 Å². The minimum absolute atomic E-state index is 0.105. The summed E-state index contributed by atoms with van der Waals surface area (Å²) in [5, 5.41) is 6.13. The molecule has 2 aromatic rings. The van der Waals surface area contributed by atoms with Crippen molar-refractivity contribution < 1.29 is 4.79 Å². The van der Waals surface area contributed by atoms with E-state index in [0.29, 0.717) is 17.8 Å². The van der Waals surface area contributed by atoms with Crippen LogP contribution in [0.1, 0.15) is 35.8 Å². The molecule has 4 heteroatoms. The molecule has 0 aliphatic heterocycles. The fourth-order valence-corrected chi connectivity index (χ4v) is 2.16. The molecule has 0 unspecified atom stereocenters. The number of benzene rings is 2. The molecule has 0 radical (unpaired) electrons. The number of carbonyl (C=O) groups excluding carboxylic acids is 1. The lowest BCUT2D eigenvalue weighted by Crippen LogP contribution is -2.22. The third kappa shape index (κ3) is 3.75. The standard InChI is InChI=1S/C17H21N3O/c1-3-19-17(21)14-9-10-16(15(18)11-14)20-12(2)13-7-5-4-6-8-13/h4-12,20H,3,18H2,1-2H3,(H,19,21)/t12-/m1/s1. The number of nitrogen functional groups attached to an aromatic ring is 1. The van der Waals surface area contributed by atoms with E-state index in [-0.39, 0.29) is 11.9 Å². The second-order valence-corrected chi connectivity index (χ2v) is 4.94. The van der Waals surface area contributed by atoms with Gasteiger partial charge in [0.25, 0.3) is 5.91 Å². The van der Waals surface area contributed by atoms with Gasteiger partial charge in [-0.05, 0) is 37.6 Å². The van der Waals surface area contributed by atoms with Gasteiger partial charge in [0.05, 0.1) is 11.4 Å². The van der Waals surface area contributed by atoms with Crippen LogP contribution in [0, 0.1) is 0 Å². The highest BCUT2D eigenvalue weighted by molar-refractivity contribution is 5.96. The molecule has 4 N–H and O–H groups in total. The SMILES string of the molecule is CCNC(=O)c1ccc(N[C@H](C)c2ccccc2)c(N)c1. The molecule has 2 aromatic carbocycles. The first kappa shape index (κ1) is 14.9. The molecule has 0 saturated carbocycles. The van der Waals surface area contributed by atoms with Gasteiger partial charge in [-0.25, -0.2) is 0 Å². The fourth-order valence-electron chi connectivity index (χ4n) is 2.16. The molecule has 2 rings (SSSR count). The van der Waals surface area contributed by atoms with E-state index in [2.05, 4.69) is 29.7 Å². The first-order valence-corrected chi connectivity index (χ1v) is 7.11. The van der Waals surface area contributed by atoms with Crippen molar-refractivity contribution in [1.29, 1.82) is 0 Å². The van der Waals surface area contributed by atoms with Crippen LogP contribution in [0.3, 0.4) is 0 Å². The highest BCUT2D eigenvalue weighted by Crippen LogP contribution is 2.25. The predicted molar refractivity (Wildman–Crippen MR) is 87.3 cm³/mol. The fraction of sp³-hybridized carbons (Fsp3) is 0.235. The van der Waals surface area contributed by atoms with Crippen molar-refractivity contribution in [2.75, 3.05) is 17.6 Å². The monoisotopic (exact) mass is 283 g/mol. The Balaban J connectivity index is 2.13. The van der Waals surface area contributed by atoms with E-state index >= 15 is 0 Å². The van der Waals surface area contributed by atoms with Crippen molar-refractivity contribution in [2.45, 2.75) is 19.9 Å². The van der Waals surface area contributed by atoms with Crippen molar-refractivity contribution in [3.05, 3.63) is 59.7 Å². The van der Waals surface area contributed by atoms with E-state index in [9.17, 15) is 4.79 Å². The molecule has 0 aromatic heterocycles. The number of anilines is 2. The second kappa shape index (κ2) is 6.79. The van der Waals surface area contributed by atoms with Gasteiger partial charge < -0.3 is 16.4 Å². The number of hydrogen-bond donors (Lipinski definition) is 3. The van der Waals surface area contributed by atoms with Crippen LogP contribution in [0.25, 0.3) is 0 Å². The largest absolute Gasteiger partial charge is 0.397 e. The van der Waals surface area contributed by atoms with Crippen LogP contribution in [0.4, 0.5) is 11.4 Å². The minimum Gasteiger partial charge on any atom is -0.397 e. The summed E-state index contributed by atoms with van der Waals surface area (Å²) < 4.78 is 0. The molecular formula is C17H21N3O. The minimum atomic E-state index is -0.105. The number of amides is 1. The van der Waals surface area contributed by atoms with E-state index in [1.54, 1.807) is 12.1 Å². The van der Waals surface area contributed by atoms with E-state index < -0.39 is 0 Å². The quantitative estimate of drug-likeness (QED) is 0.738. The number of hydrogen-bond acceptors (Lipinski definition) is 3. The average Bonchev–Trinajstić information content (AvgIpc) is 2.50. The summed E-state index contributed by atoms with van der Waals surface area (Å²) in [5.41, 5.74) is 9.20. The lowest BCUT2D eigenvalue weighted by Gasteiger charge is -2.17. The van der Waals surface area contributed by atoms with Crippen LogP contribution >= 0.6 is 0 Å². The van der Waals surface area contributed by atoms with E-state index in [1.807, 2.05) is 31.2 Å². The van der Waals surface area contributed by atoms with Gasteiger partial charge in [0, 0.05) is 18.2 Å². The summed E-state index contributed by atoms with van der Waals surface area (Å²) in [6.45, 7) is 4.56. The summed E-state index contributed by atoms with van der Waals surface area (Å²) in [5.74, 6) is -0.105. The number of nitrogens with one attached hydrogen (secondary N) is 2. The maximum absolute atomic E-state index is 11.8. The average molecular weight is 283 g/mol. The molecule has 0 spiro atoms. The first-order chi connectivity index (χ1) is 10.1. The zero-order valence-electron chi connectivity index (χ0n) is 12.4. The molecule has 0 fully saturated rings. The Morgan fingerprint density at radius 3 is 2.52 bits per heavy atom. The molecule has 1 atom stereocenters. The maximum atomic E-state index is 11.8. The molecule has 0 aliphatic carbocycles. The normalized spacial score (nSPS) is 11.7. The lowest BCUT2D eigenvalue weighted by atomic mass is 10.1. The Hall–Kier alpha value is -2.49. The third-order valence-electron chi connectivity index (χ3n) is 3.32. The van der Waals surface area contributed by atoms with Crippen molar-refractivity contribution in [3.63, 3.8) is 0 Å². The van der Waals surface area contributed by atoms with Crippen molar-refractivity contribution in [2.24, 2.45) is 0 Å². The topological polar surface area (TPSA) is 67.2 Å². The second-order valence-electron chi connectivity index (χ2n) is 4.94. The summed E-state index contributed by atoms with van der Waals surface area (Å²) in [6.07, 6.45) is 0. The Bertz CT molecular complexity index is 611. The molecule has 0 heterocycles. The number of nitrogens with two attached hydrogens (primary N) is 1. The Morgan fingerprint density at radius 1 is 1.19 bits per heavy atom. The van der Waals surface area contributed by atoms with Crippen LogP contribution in [-0.4, -0.2) is 12.5 Å². The molecular weight excluding hydrogens is 262 g/mol. The molecule has 4 nitrogen and oxygen atoms in total. The number of carbonyl (C=O) groups is 1. The first-order valence-electron chi connectivity index (χ1n) is 7.11. The molecule has 0 aliphatic rings. The Morgan fingerprint density at radius 2 is 1.90 bits per heavy atom. The third-order valence-corrected chi connectivity index (χ3v) is 3.32. The summed E-state index contributed by atoms with van der Waals surface area (Å²) in [7, 11) is 0. The molecule has 1 amide bonds. The van der Waals surface area contributed by atoms with Crippen LogP contribution in [0.5, 0.6) is 0 Å². The molecule has 0 bridgehead atoms. The van der Waals surface area contributed by atoms with Gasteiger partial charge in [-0.15, -0.1) is 0 Å². The zero-order valence-corrected chi connectivity index (χ0v) is 12.4.